The minimum Gasteiger partial charge on any atom is -0.506 e. The fourth-order valence-corrected chi connectivity index (χ4v) is 1.08. The Bertz CT molecular complexity index is 297. The monoisotopic (exact) mass is 189 g/mol. The van der Waals surface area contributed by atoms with Crippen molar-refractivity contribution in [1.29, 1.82) is 0 Å². The fourth-order valence-electron chi connectivity index (χ4n) is 0.635. The highest BCUT2D eigenvalue weighted by molar-refractivity contribution is 6.39. The second-order valence-electron chi connectivity index (χ2n) is 1.86. The largest absolute Gasteiger partial charge is 0.506 e. The number of carbonyl (C=O) groups excluding carboxylic acids is 1. The molecule has 2 nitrogen and oxygen atoms in total. The van der Waals surface area contributed by atoms with Crippen molar-refractivity contribution < 1.29 is 9.90 Å². The first-order valence-electron chi connectivity index (χ1n) is 2.72. The van der Waals surface area contributed by atoms with E-state index in [0.29, 0.717) is 0 Å². The summed E-state index contributed by atoms with van der Waals surface area (Å²) in [5.41, 5.74) is -0.00617. The number of hydrogen-bond acceptors (Lipinski definition) is 2. The van der Waals surface area contributed by atoms with E-state index >= 15 is 0 Å². The fraction of sp³-hybridized carbons (Fsp3) is 0. The van der Waals surface area contributed by atoms with E-state index < -0.39 is 0 Å². The summed E-state index contributed by atoms with van der Waals surface area (Å²) in [6.07, 6.45) is 1.53. The summed E-state index contributed by atoms with van der Waals surface area (Å²) in [6.45, 7) is 0. The van der Waals surface area contributed by atoms with Gasteiger partial charge in [-0.05, 0) is 12.1 Å². The summed E-state index contributed by atoms with van der Waals surface area (Å²) in [6, 6.07) is 2.69. The van der Waals surface area contributed by atoms with Gasteiger partial charge in [-0.2, -0.15) is 0 Å². The van der Waals surface area contributed by atoms with Gasteiger partial charge >= 0.3 is 0 Å². The molecule has 0 aromatic heterocycles. The highest BCUT2D eigenvalue weighted by Crippen LogP contribution is 2.30. The van der Waals surface area contributed by atoms with Crippen molar-refractivity contribution in [2.45, 2.75) is 0 Å². The predicted molar refractivity (Wildman–Crippen MR) is 42.9 cm³/mol. The first-order valence-corrected chi connectivity index (χ1v) is 3.47. The summed E-state index contributed by atoms with van der Waals surface area (Å²) in [5.74, 6) is -0.172. The van der Waals surface area contributed by atoms with E-state index in [1.165, 1.54) is 18.4 Å². The molecular weight excluding hydrogens is 187 g/mol. The SMILES string of the molecule is O=[C]c1c(Cl)ccc(O)c1Cl. The summed E-state index contributed by atoms with van der Waals surface area (Å²) in [4.78, 5) is 10.2. The number of phenols is 1. The van der Waals surface area contributed by atoms with Crippen molar-refractivity contribution >= 4 is 29.5 Å². The highest BCUT2D eigenvalue weighted by atomic mass is 35.5. The second-order valence-corrected chi connectivity index (χ2v) is 2.64. The maximum Gasteiger partial charge on any atom is 0.236 e. The lowest BCUT2D eigenvalue weighted by molar-refractivity contribution is 0.475. The van der Waals surface area contributed by atoms with Crippen LogP contribution in [0.25, 0.3) is 0 Å². The van der Waals surface area contributed by atoms with Gasteiger partial charge in [0.2, 0.25) is 6.29 Å². The molecule has 0 saturated heterocycles. The lowest BCUT2D eigenvalue weighted by atomic mass is 10.2. The summed E-state index contributed by atoms with van der Waals surface area (Å²) < 4.78 is 0. The van der Waals surface area contributed by atoms with Gasteiger partial charge in [-0.25, -0.2) is 0 Å². The number of benzene rings is 1. The topological polar surface area (TPSA) is 37.3 Å². The van der Waals surface area contributed by atoms with Crippen LogP contribution < -0.4 is 0 Å². The first-order chi connectivity index (χ1) is 5.16. The average molecular weight is 190 g/mol. The molecule has 0 aliphatic rings. The quantitative estimate of drug-likeness (QED) is 0.736. The summed E-state index contributed by atoms with van der Waals surface area (Å²) >= 11 is 11.0. The van der Waals surface area contributed by atoms with E-state index in [9.17, 15) is 4.79 Å². The molecule has 0 bridgehead atoms. The Hall–Kier alpha value is -0.730. The normalized spacial score (nSPS) is 9.64. The summed E-state index contributed by atoms with van der Waals surface area (Å²) in [7, 11) is 0. The van der Waals surface area contributed by atoms with Gasteiger partial charge in [-0.3, -0.25) is 4.79 Å². The minimum atomic E-state index is -0.172. The van der Waals surface area contributed by atoms with Crippen LogP contribution in [0.15, 0.2) is 12.1 Å². The van der Waals surface area contributed by atoms with E-state index in [4.69, 9.17) is 28.3 Å². The van der Waals surface area contributed by atoms with E-state index in [1.54, 1.807) is 0 Å². The van der Waals surface area contributed by atoms with Crippen LogP contribution in [0.2, 0.25) is 10.0 Å². The third kappa shape index (κ3) is 1.47. The van der Waals surface area contributed by atoms with Crippen LogP contribution in [-0.2, 0) is 4.79 Å². The lowest BCUT2D eigenvalue weighted by Gasteiger charge is -1.99. The molecular formula is C7H3Cl2O2. The zero-order chi connectivity index (χ0) is 8.43. The van der Waals surface area contributed by atoms with Crippen LogP contribution in [0.5, 0.6) is 5.75 Å². The number of aromatic hydroxyl groups is 1. The Morgan fingerprint density at radius 1 is 1.36 bits per heavy atom. The smallest absolute Gasteiger partial charge is 0.236 e. The number of rotatable bonds is 1. The van der Waals surface area contributed by atoms with Crippen LogP contribution in [0.3, 0.4) is 0 Å². The second kappa shape index (κ2) is 3.11. The van der Waals surface area contributed by atoms with E-state index in [-0.39, 0.29) is 21.4 Å². The van der Waals surface area contributed by atoms with Gasteiger partial charge in [0.1, 0.15) is 5.75 Å². The Morgan fingerprint density at radius 2 is 2.00 bits per heavy atom. The molecule has 0 atom stereocenters. The van der Waals surface area contributed by atoms with E-state index in [2.05, 4.69) is 0 Å². The zero-order valence-electron chi connectivity index (χ0n) is 5.27. The zero-order valence-corrected chi connectivity index (χ0v) is 6.78. The standard InChI is InChI=1S/C7H3Cl2O2/c8-5-1-2-6(11)7(9)4(5)3-10/h1-2,11H. The third-order valence-electron chi connectivity index (χ3n) is 1.17. The molecule has 0 amide bonds. The first kappa shape index (κ1) is 8.37. The van der Waals surface area contributed by atoms with Gasteiger partial charge in [-0.15, -0.1) is 0 Å². The van der Waals surface area contributed by atoms with Crippen LogP contribution in [-0.4, -0.2) is 11.4 Å². The van der Waals surface area contributed by atoms with E-state index in [0.717, 1.165) is 0 Å². The van der Waals surface area contributed by atoms with Crippen molar-refractivity contribution in [3.63, 3.8) is 0 Å². The molecule has 0 heterocycles. The van der Waals surface area contributed by atoms with Gasteiger partial charge in [0.15, 0.2) is 0 Å². The van der Waals surface area contributed by atoms with Crippen LogP contribution in [0, 0.1) is 0 Å². The molecule has 11 heavy (non-hydrogen) atoms. The average Bonchev–Trinajstić information content (AvgIpc) is 1.99. The Balaban J connectivity index is 3.40. The molecule has 0 fully saturated rings. The molecule has 1 N–H and O–H groups in total. The molecule has 1 radical (unpaired) electrons. The minimum absolute atomic E-state index is 0.00617. The van der Waals surface area contributed by atoms with Gasteiger partial charge in [0, 0.05) is 0 Å². The number of phenolic OH excluding ortho intramolecular Hbond substituents is 1. The summed E-state index contributed by atoms with van der Waals surface area (Å²) in [5, 5.41) is 9.11. The number of halogens is 2. The van der Waals surface area contributed by atoms with Crippen molar-refractivity contribution in [1.82, 2.24) is 0 Å². The van der Waals surface area contributed by atoms with Crippen LogP contribution >= 0.6 is 23.2 Å². The van der Waals surface area contributed by atoms with Crippen molar-refractivity contribution in [3.05, 3.63) is 27.7 Å². The van der Waals surface area contributed by atoms with Crippen LogP contribution in [0.1, 0.15) is 5.56 Å². The number of hydrogen-bond donors (Lipinski definition) is 1. The molecule has 0 saturated carbocycles. The van der Waals surface area contributed by atoms with Crippen molar-refractivity contribution in [3.8, 4) is 5.75 Å². The lowest BCUT2D eigenvalue weighted by Crippen LogP contribution is -1.84. The molecule has 1 rings (SSSR count). The molecule has 57 valence electrons. The van der Waals surface area contributed by atoms with Gasteiger partial charge in [0.05, 0.1) is 15.6 Å². The Kier molecular flexibility index (Phi) is 2.37. The van der Waals surface area contributed by atoms with Crippen molar-refractivity contribution in [2.75, 3.05) is 0 Å². The molecule has 0 aliphatic heterocycles. The van der Waals surface area contributed by atoms with Gasteiger partial charge < -0.3 is 5.11 Å². The van der Waals surface area contributed by atoms with Gasteiger partial charge in [-0.1, -0.05) is 23.2 Å². The third-order valence-corrected chi connectivity index (χ3v) is 1.87. The molecule has 4 heteroatoms. The highest BCUT2D eigenvalue weighted by Gasteiger charge is 2.08. The van der Waals surface area contributed by atoms with Crippen molar-refractivity contribution in [2.24, 2.45) is 0 Å². The Labute approximate surface area is 73.4 Å². The van der Waals surface area contributed by atoms with E-state index in [1.807, 2.05) is 0 Å². The molecule has 1 aromatic rings. The van der Waals surface area contributed by atoms with Gasteiger partial charge in [0.25, 0.3) is 0 Å². The Morgan fingerprint density at radius 3 is 2.45 bits per heavy atom. The maximum atomic E-state index is 10.2. The molecule has 0 aliphatic carbocycles. The molecule has 0 unspecified atom stereocenters. The molecule has 0 spiro atoms. The van der Waals surface area contributed by atoms with Crippen LogP contribution in [0.4, 0.5) is 0 Å². The maximum absolute atomic E-state index is 10.2. The molecule has 1 aromatic carbocycles. The predicted octanol–water partition coefficient (Wildman–Crippen LogP) is 2.16.